The molecule has 41 heavy (non-hydrogen) atoms. The molecular formula is C27H27F3N4O6S. The van der Waals surface area contributed by atoms with E-state index >= 15 is 0 Å². The molecule has 1 saturated heterocycles. The van der Waals surface area contributed by atoms with Crippen molar-refractivity contribution in [3.8, 4) is 11.5 Å². The highest BCUT2D eigenvalue weighted by molar-refractivity contribution is 7.16. The first-order chi connectivity index (χ1) is 19.6. The van der Waals surface area contributed by atoms with Crippen LogP contribution in [0.5, 0.6) is 11.5 Å². The Kier molecular flexibility index (Phi) is 9.32. The molecule has 3 aromatic rings. The second-order valence-electron chi connectivity index (χ2n) is 8.93. The van der Waals surface area contributed by atoms with Crippen molar-refractivity contribution in [2.24, 2.45) is 0 Å². The zero-order valence-electron chi connectivity index (χ0n) is 22.1. The number of rotatable bonds is 9. The van der Waals surface area contributed by atoms with E-state index in [4.69, 9.17) is 14.2 Å². The van der Waals surface area contributed by atoms with Gasteiger partial charge < -0.3 is 24.8 Å². The summed E-state index contributed by atoms with van der Waals surface area (Å²) >= 11 is 0.705. The molecule has 1 atom stereocenters. The van der Waals surface area contributed by atoms with Crippen molar-refractivity contribution in [2.75, 3.05) is 26.1 Å². The van der Waals surface area contributed by atoms with E-state index in [0.717, 1.165) is 5.56 Å². The first kappa shape index (κ1) is 29.6. The third-order valence-electron chi connectivity index (χ3n) is 6.25. The summed E-state index contributed by atoms with van der Waals surface area (Å²) in [6, 6.07) is 13.4. The standard InChI is InChI=1S/C27H27F3N4O6S/c1-38-18-11-10-17(20(13-18)39-2)14-31-22(35)21-24(33-25(36)27(28,29)30)41-23(32-21)19-9-6-12-34(19)26(37)40-15-16-7-4-3-5-8-16/h3-5,7-8,10-11,13,19H,6,9,12,14-15H2,1-2H3,(H,31,35)(H,33,36). The highest BCUT2D eigenvalue weighted by Gasteiger charge is 2.41. The number of ether oxygens (including phenoxy) is 3. The third kappa shape index (κ3) is 7.25. The molecule has 2 aromatic carbocycles. The molecule has 4 rings (SSSR count). The van der Waals surface area contributed by atoms with Gasteiger partial charge in [0.05, 0.1) is 20.3 Å². The molecule has 1 aliphatic rings. The molecule has 10 nitrogen and oxygen atoms in total. The van der Waals surface area contributed by atoms with E-state index in [1.165, 1.54) is 19.1 Å². The molecule has 14 heteroatoms. The summed E-state index contributed by atoms with van der Waals surface area (Å²) in [6.45, 7) is 0.323. The molecule has 1 aliphatic heterocycles. The Balaban J connectivity index is 1.54. The maximum atomic E-state index is 13.1. The minimum atomic E-state index is -5.19. The number of anilines is 1. The molecule has 2 N–H and O–H groups in total. The molecule has 0 saturated carbocycles. The second-order valence-corrected chi connectivity index (χ2v) is 9.96. The van der Waals surface area contributed by atoms with Crippen LogP contribution in [0.3, 0.4) is 0 Å². The van der Waals surface area contributed by atoms with Crippen molar-refractivity contribution in [2.45, 2.75) is 38.2 Å². The molecule has 1 unspecified atom stereocenters. The Morgan fingerprint density at radius 2 is 1.85 bits per heavy atom. The van der Waals surface area contributed by atoms with Crippen LogP contribution in [0.1, 0.15) is 45.5 Å². The Labute approximate surface area is 237 Å². The molecule has 1 aromatic heterocycles. The van der Waals surface area contributed by atoms with Gasteiger partial charge in [0.25, 0.3) is 5.91 Å². The van der Waals surface area contributed by atoms with Crippen molar-refractivity contribution >= 4 is 34.2 Å². The number of aromatic nitrogens is 1. The fourth-order valence-electron chi connectivity index (χ4n) is 4.19. The lowest BCUT2D eigenvalue weighted by Gasteiger charge is -2.22. The lowest BCUT2D eigenvalue weighted by molar-refractivity contribution is -0.167. The topological polar surface area (TPSA) is 119 Å². The summed E-state index contributed by atoms with van der Waals surface area (Å²) in [7, 11) is 2.93. The zero-order valence-corrected chi connectivity index (χ0v) is 22.9. The van der Waals surface area contributed by atoms with Gasteiger partial charge in [-0.05, 0) is 30.5 Å². The predicted octanol–water partition coefficient (Wildman–Crippen LogP) is 5.06. The van der Waals surface area contributed by atoms with Crippen LogP contribution < -0.4 is 20.1 Å². The number of amides is 3. The first-order valence-electron chi connectivity index (χ1n) is 12.5. The molecule has 0 aliphatic carbocycles. The van der Waals surface area contributed by atoms with Crippen LogP contribution in [-0.4, -0.2) is 54.7 Å². The number of nitrogens with one attached hydrogen (secondary N) is 2. The van der Waals surface area contributed by atoms with Gasteiger partial charge in [-0.25, -0.2) is 9.78 Å². The normalized spacial score (nSPS) is 14.9. The van der Waals surface area contributed by atoms with E-state index in [1.807, 2.05) is 18.2 Å². The smallest absolute Gasteiger partial charge is 0.471 e. The van der Waals surface area contributed by atoms with Crippen LogP contribution in [0.4, 0.5) is 23.0 Å². The van der Waals surface area contributed by atoms with Gasteiger partial charge >= 0.3 is 18.2 Å². The molecule has 3 amide bonds. The summed E-state index contributed by atoms with van der Waals surface area (Å²) in [4.78, 5) is 43.4. The Morgan fingerprint density at radius 1 is 1.10 bits per heavy atom. The number of halogens is 3. The Hall–Kier alpha value is -4.33. The second kappa shape index (κ2) is 12.9. The molecular weight excluding hydrogens is 565 g/mol. The Bertz CT molecular complexity index is 1400. The van der Waals surface area contributed by atoms with Crippen LogP contribution >= 0.6 is 11.3 Å². The van der Waals surface area contributed by atoms with Crippen LogP contribution in [-0.2, 0) is 22.7 Å². The monoisotopic (exact) mass is 592 g/mol. The lowest BCUT2D eigenvalue weighted by Crippen LogP contribution is -2.31. The lowest BCUT2D eigenvalue weighted by atomic mass is 10.2. The number of methoxy groups -OCH3 is 2. The number of carbonyl (C=O) groups excluding carboxylic acids is 3. The number of thiazole rings is 1. The molecule has 0 radical (unpaired) electrons. The maximum absolute atomic E-state index is 13.1. The number of benzene rings is 2. The Morgan fingerprint density at radius 3 is 2.54 bits per heavy atom. The number of likely N-dealkylation sites (tertiary alicyclic amines) is 1. The van der Waals surface area contributed by atoms with E-state index in [2.05, 4.69) is 10.3 Å². The van der Waals surface area contributed by atoms with Crippen LogP contribution in [0.2, 0.25) is 0 Å². The highest BCUT2D eigenvalue weighted by atomic mass is 32.1. The van der Waals surface area contributed by atoms with E-state index in [1.54, 1.807) is 35.6 Å². The van der Waals surface area contributed by atoms with E-state index in [-0.39, 0.29) is 23.2 Å². The van der Waals surface area contributed by atoms with E-state index in [9.17, 15) is 27.6 Å². The van der Waals surface area contributed by atoms with E-state index < -0.39 is 35.8 Å². The molecule has 218 valence electrons. The number of alkyl halides is 3. The first-order valence-corrected chi connectivity index (χ1v) is 13.3. The van der Waals surface area contributed by atoms with Crippen LogP contribution in [0.15, 0.2) is 48.5 Å². The van der Waals surface area contributed by atoms with Gasteiger partial charge in [-0.2, -0.15) is 13.2 Å². The van der Waals surface area contributed by atoms with Crippen molar-refractivity contribution in [3.63, 3.8) is 0 Å². The zero-order chi connectivity index (χ0) is 29.6. The number of nitrogens with zero attached hydrogens (tertiary/aromatic N) is 2. The summed E-state index contributed by atoms with van der Waals surface area (Å²) in [5.74, 6) is -2.12. The van der Waals surface area contributed by atoms with Gasteiger partial charge in [-0.15, -0.1) is 0 Å². The largest absolute Gasteiger partial charge is 0.497 e. The summed E-state index contributed by atoms with van der Waals surface area (Å²) < 4.78 is 55.1. The van der Waals surface area contributed by atoms with Crippen molar-refractivity contribution < 1.29 is 41.8 Å². The number of carbonyl (C=O) groups is 3. The summed E-state index contributed by atoms with van der Waals surface area (Å²) in [5, 5.41) is 4.17. The fourth-order valence-corrected chi connectivity index (χ4v) is 5.30. The highest BCUT2D eigenvalue weighted by Crippen LogP contribution is 2.38. The maximum Gasteiger partial charge on any atom is 0.471 e. The SMILES string of the molecule is COc1ccc(CNC(=O)c2nc(C3CCCN3C(=O)OCc3ccccc3)sc2NC(=O)C(F)(F)F)c(OC)c1. The van der Waals surface area contributed by atoms with Crippen LogP contribution in [0, 0.1) is 0 Å². The van der Waals surface area contributed by atoms with Crippen molar-refractivity contribution in [1.29, 1.82) is 0 Å². The van der Waals surface area contributed by atoms with Crippen molar-refractivity contribution in [1.82, 2.24) is 15.2 Å². The van der Waals surface area contributed by atoms with E-state index in [0.29, 0.717) is 47.8 Å². The molecule has 2 heterocycles. The van der Waals surface area contributed by atoms with Gasteiger partial charge in [-0.1, -0.05) is 41.7 Å². The molecule has 0 spiro atoms. The van der Waals surface area contributed by atoms with Gasteiger partial charge in [-0.3, -0.25) is 14.5 Å². The van der Waals surface area contributed by atoms with Crippen LogP contribution in [0.25, 0.3) is 0 Å². The minimum Gasteiger partial charge on any atom is -0.497 e. The summed E-state index contributed by atoms with van der Waals surface area (Å²) in [6.07, 6.45) is -4.77. The average Bonchev–Trinajstić information content (AvgIpc) is 3.62. The minimum absolute atomic E-state index is 0.0378. The number of hydrogen-bond donors (Lipinski definition) is 2. The van der Waals surface area contributed by atoms with Crippen molar-refractivity contribution in [3.05, 3.63) is 70.4 Å². The van der Waals surface area contributed by atoms with Gasteiger partial charge in [0.15, 0.2) is 5.69 Å². The molecule has 0 bridgehead atoms. The predicted molar refractivity (Wildman–Crippen MR) is 143 cm³/mol. The quantitative estimate of drug-likeness (QED) is 0.356. The van der Waals surface area contributed by atoms with Gasteiger partial charge in [0, 0.05) is 24.7 Å². The van der Waals surface area contributed by atoms with Gasteiger partial charge in [0.2, 0.25) is 0 Å². The molecule has 1 fully saturated rings. The summed E-state index contributed by atoms with van der Waals surface area (Å²) in [5.41, 5.74) is 0.955. The number of hydrogen-bond acceptors (Lipinski definition) is 8. The third-order valence-corrected chi connectivity index (χ3v) is 7.33. The van der Waals surface area contributed by atoms with Gasteiger partial charge in [0.1, 0.15) is 28.1 Å². The average molecular weight is 593 g/mol. The fraction of sp³-hybridized carbons (Fsp3) is 0.333.